The summed E-state index contributed by atoms with van der Waals surface area (Å²) in [5.74, 6) is 8.64. The van der Waals surface area contributed by atoms with Crippen LogP contribution in [0.4, 0.5) is 0 Å². The molecule has 1 saturated carbocycles. The summed E-state index contributed by atoms with van der Waals surface area (Å²) in [6.45, 7) is 3.55. The second-order valence-corrected chi connectivity index (χ2v) is 5.32. The van der Waals surface area contributed by atoms with Crippen molar-refractivity contribution in [1.29, 1.82) is 0 Å². The summed E-state index contributed by atoms with van der Waals surface area (Å²) in [7, 11) is 1.77. The first-order valence-corrected chi connectivity index (χ1v) is 6.90. The van der Waals surface area contributed by atoms with E-state index in [4.69, 9.17) is 4.74 Å². The lowest BCUT2D eigenvalue weighted by atomic mass is 10.2. The van der Waals surface area contributed by atoms with Crippen LogP contribution in [0.25, 0.3) is 0 Å². The van der Waals surface area contributed by atoms with E-state index in [2.05, 4.69) is 31.9 Å². The minimum Gasteiger partial charge on any atom is -0.380 e. The van der Waals surface area contributed by atoms with Crippen LogP contribution in [0.15, 0.2) is 0 Å². The fourth-order valence-corrected chi connectivity index (χ4v) is 2.63. The highest BCUT2D eigenvalue weighted by atomic mass is 16.5. The third-order valence-electron chi connectivity index (χ3n) is 3.94. The second-order valence-electron chi connectivity index (χ2n) is 5.32. The number of nitrogens with one attached hydrogen (secondary N) is 1. The predicted molar refractivity (Wildman–Crippen MR) is 71.5 cm³/mol. The highest BCUT2D eigenvalue weighted by molar-refractivity contribution is 5.10. The summed E-state index contributed by atoms with van der Waals surface area (Å²) in [5.41, 5.74) is 0. The van der Waals surface area contributed by atoms with Crippen LogP contribution in [0.5, 0.6) is 0 Å². The van der Waals surface area contributed by atoms with Gasteiger partial charge >= 0.3 is 0 Å². The van der Waals surface area contributed by atoms with E-state index in [0.717, 1.165) is 31.2 Å². The van der Waals surface area contributed by atoms with Crippen molar-refractivity contribution in [3.63, 3.8) is 0 Å². The molecule has 0 spiro atoms. The van der Waals surface area contributed by atoms with Crippen LogP contribution < -0.4 is 0 Å². The average molecular weight is 260 g/mol. The topological polar surface area (TPSA) is 54.0 Å². The molecule has 2 aliphatic rings. The first-order chi connectivity index (χ1) is 9.31. The van der Waals surface area contributed by atoms with E-state index in [1.54, 1.807) is 7.11 Å². The van der Waals surface area contributed by atoms with E-state index in [1.807, 2.05) is 6.92 Å². The zero-order valence-corrected chi connectivity index (χ0v) is 11.5. The van der Waals surface area contributed by atoms with E-state index in [-0.39, 0.29) is 12.1 Å². The molecule has 1 N–H and O–H groups in total. The summed E-state index contributed by atoms with van der Waals surface area (Å²) in [6, 6.07) is 0.255. The van der Waals surface area contributed by atoms with Crippen molar-refractivity contribution < 1.29 is 4.74 Å². The van der Waals surface area contributed by atoms with Gasteiger partial charge < -0.3 is 4.74 Å². The molecule has 2 fully saturated rings. The van der Waals surface area contributed by atoms with Crippen LogP contribution >= 0.6 is 0 Å². The maximum atomic E-state index is 5.49. The van der Waals surface area contributed by atoms with Gasteiger partial charge in [-0.2, -0.15) is 5.10 Å². The lowest BCUT2D eigenvalue weighted by Gasteiger charge is -2.19. The molecule has 1 saturated heterocycles. The van der Waals surface area contributed by atoms with Gasteiger partial charge in [0.15, 0.2) is 5.82 Å². The molecule has 1 aliphatic carbocycles. The molecule has 0 radical (unpaired) electrons. The van der Waals surface area contributed by atoms with E-state index < -0.39 is 0 Å². The number of aromatic amines is 1. The quantitative estimate of drug-likeness (QED) is 0.833. The van der Waals surface area contributed by atoms with Crippen molar-refractivity contribution in [2.24, 2.45) is 0 Å². The van der Waals surface area contributed by atoms with Crippen LogP contribution in [-0.4, -0.2) is 46.4 Å². The van der Waals surface area contributed by atoms with Crippen LogP contribution in [0.3, 0.4) is 0 Å². The Bertz CT molecular complexity index is 497. The Hall–Kier alpha value is -1.38. The van der Waals surface area contributed by atoms with Gasteiger partial charge in [0.05, 0.1) is 18.7 Å². The van der Waals surface area contributed by atoms with Gasteiger partial charge in [-0.05, 0) is 26.2 Å². The number of likely N-dealkylation sites (tertiary alicyclic amines) is 1. The highest BCUT2D eigenvalue weighted by Gasteiger charge is 2.36. The lowest BCUT2D eigenvalue weighted by Crippen LogP contribution is -2.26. The first-order valence-electron chi connectivity index (χ1n) is 6.90. The largest absolute Gasteiger partial charge is 0.380 e. The number of H-pyrrole nitrogens is 1. The molecule has 0 bridgehead atoms. The molecule has 5 heteroatoms. The van der Waals surface area contributed by atoms with Gasteiger partial charge in [0.1, 0.15) is 5.82 Å². The van der Waals surface area contributed by atoms with E-state index in [1.165, 1.54) is 12.8 Å². The summed E-state index contributed by atoms with van der Waals surface area (Å²) >= 11 is 0. The Balaban J connectivity index is 1.75. The Morgan fingerprint density at radius 3 is 3.00 bits per heavy atom. The number of methoxy groups -OCH3 is 1. The fraction of sp³-hybridized carbons (Fsp3) is 0.714. The number of rotatable bonds is 4. The normalized spacial score (nSPS) is 27.3. The molecule has 0 unspecified atom stereocenters. The zero-order valence-electron chi connectivity index (χ0n) is 11.5. The molecule has 5 nitrogen and oxygen atoms in total. The first kappa shape index (κ1) is 12.6. The highest BCUT2D eigenvalue weighted by Crippen LogP contribution is 2.39. The van der Waals surface area contributed by atoms with Gasteiger partial charge in [0, 0.05) is 19.6 Å². The Morgan fingerprint density at radius 2 is 2.32 bits per heavy atom. The van der Waals surface area contributed by atoms with Crippen molar-refractivity contribution in [2.75, 3.05) is 20.2 Å². The molecule has 2 atom stereocenters. The van der Waals surface area contributed by atoms with Crippen LogP contribution in [0, 0.1) is 11.8 Å². The summed E-state index contributed by atoms with van der Waals surface area (Å²) < 4.78 is 5.49. The lowest BCUT2D eigenvalue weighted by molar-refractivity contribution is 0.110. The Labute approximate surface area is 113 Å². The minimum absolute atomic E-state index is 0.255. The number of hydrogen-bond acceptors (Lipinski definition) is 4. The van der Waals surface area contributed by atoms with Crippen LogP contribution in [0.1, 0.15) is 49.8 Å². The van der Waals surface area contributed by atoms with Gasteiger partial charge in [-0.3, -0.25) is 10.00 Å². The molecule has 2 heterocycles. The maximum absolute atomic E-state index is 5.49. The van der Waals surface area contributed by atoms with E-state index in [0.29, 0.717) is 5.92 Å². The molecule has 19 heavy (non-hydrogen) atoms. The standard InChI is InChI=1S/C14H20N4O/c1-3-4-7-18-9-11(19-2)8-12(18)14-15-13(16-17-14)10-5-6-10/h10-12H,5-9H2,1-2H3,(H,15,16,17)/t11-,12+/m1/s1. The number of nitrogens with zero attached hydrogens (tertiary/aromatic N) is 3. The number of aromatic nitrogens is 3. The Kier molecular flexibility index (Phi) is 3.54. The van der Waals surface area contributed by atoms with Crippen molar-refractivity contribution >= 4 is 0 Å². The molecular weight excluding hydrogens is 240 g/mol. The van der Waals surface area contributed by atoms with Crippen molar-refractivity contribution in [1.82, 2.24) is 20.1 Å². The molecule has 1 aromatic heterocycles. The minimum atomic E-state index is 0.255. The van der Waals surface area contributed by atoms with Crippen molar-refractivity contribution in [3.05, 3.63) is 11.6 Å². The van der Waals surface area contributed by atoms with Crippen molar-refractivity contribution in [2.45, 2.75) is 44.2 Å². The molecule has 0 aromatic carbocycles. The number of ether oxygens (including phenoxy) is 1. The van der Waals surface area contributed by atoms with E-state index in [9.17, 15) is 0 Å². The monoisotopic (exact) mass is 260 g/mol. The molecule has 102 valence electrons. The van der Waals surface area contributed by atoms with Gasteiger partial charge in [-0.1, -0.05) is 5.92 Å². The molecular formula is C14H20N4O. The average Bonchev–Trinajstić information content (AvgIpc) is 3.03. The van der Waals surface area contributed by atoms with Gasteiger partial charge in [-0.25, -0.2) is 4.98 Å². The zero-order chi connectivity index (χ0) is 13.2. The van der Waals surface area contributed by atoms with Crippen molar-refractivity contribution in [3.8, 4) is 11.8 Å². The Morgan fingerprint density at radius 1 is 1.47 bits per heavy atom. The third kappa shape index (κ3) is 2.65. The second kappa shape index (κ2) is 5.32. The van der Waals surface area contributed by atoms with Gasteiger partial charge in [-0.15, -0.1) is 5.92 Å². The van der Waals surface area contributed by atoms with Gasteiger partial charge in [0.2, 0.25) is 0 Å². The summed E-state index contributed by atoms with van der Waals surface area (Å²) in [6.07, 6.45) is 3.68. The summed E-state index contributed by atoms with van der Waals surface area (Å²) in [5, 5.41) is 7.46. The SMILES string of the molecule is CC#CCN1C[C@H](OC)C[C@H]1c1nc(C2CC2)n[nH]1. The third-order valence-corrected chi connectivity index (χ3v) is 3.94. The van der Waals surface area contributed by atoms with Crippen LogP contribution in [0.2, 0.25) is 0 Å². The smallest absolute Gasteiger partial charge is 0.153 e. The molecule has 0 amide bonds. The number of hydrogen-bond donors (Lipinski definition) is 1. The molecule has 1 aliphatic heterocycles. The maximum Gasteiger partial charge on any atom is 0.153 e. The van der Waals surface area contributed by atoms with Crippen LogP contribution in [-0.2, 0) is 4.74 Å². The summed E-state index contributed by atoms with van der Waals surface area (Å²) in [4.78, 5) is 6.99. The molecule has 3 rings (SSSR count). The molecule has 1 aromatic rings. The van der Waals surface area contributed by atoms with Gasteiger partial charge in [0.25, 0.3) is 0 Å². The predicted octanol–water partition coefficient (Wildman–Crippen LogP) is 1.47. The fourth-order valence-electron chi connectivity index (χ4n) is 2.63. The van der Waals surface area contributed by atoms with E-state index >= 15 is 0 Å².